The number of ether oxygens (including phenoxy) is 2. The molecule has 0 aromatic heterocycles. The summed E-state index contributed by atoms with van der Waals surface area (Å²) in [5.41, 5.74) is 1.54. The first-order valence-corrected chi connectivity index (χ1v) is 9.85. The van der Waals surface area contributed by atoms with E-state index in [9.17, 15) is 14.9 Å². The molecule has 0 saturated heterocycles. The van der Waals surface area contributed by atoms with Crippen molar-refractivity contribution >= 4 is 28.8 Å². The molecular weight excluding hydrogens is 394 g/mol. The van der Waals surface area contributed by atoms with Crippen LogP contribution in [-0.4, -0.2) is 40.5 Å². The van der Waals surface area contributed by atoms with Crippen molar-refractivity contribution < 1.29 is 19.2 Å². The molecule has 1 atom stereocenters. The highest BCUT2D eigenvalue weighted by molar-refractivity contribution is 7.80. The van der Waals surface area contributed by atoms with E-state index in [1.54, 1.807) is 19.9 Å². The Kier molecular flexibility index (Phi) is 7.18. The average Bonchev–Trinajstić information content (AvgIpc) is 2.63. The zero-order valence-corrected chi connectivity index (χ0v) is 18.4. The Bertz CT molecular complexity index is 866. The molecule has 0 aliphatic carbocycles. The van der Waals surface area contributed by atoms with Crippen molar-refractivity contribution in [3.8, 4) is 11.5 Å². The Morgan fingerprint density at radius 3 is 2.55 bits per heavy atom. The first kappa shape index (κ1) is 22.6. The topological polar surface area (TPSA) is 93.9 Å². The predicted molar refractivity (Wildman–Crippen MR) is 114 cm³/mol. The number of ketones is 1. The molecule has 2 rings (SSSR count). The van der Waals surface area contributed by atoms with Gasteiger partial charge in [0.2, 0.25) is 5.75 Å². The Morgan fingerprint density at radius 2 is 2.07 bits per heavy atom. The standard InChI is InChI=1S/C20H27N3O5S/c1-7-8-22-12(4)17(13(5)24)18(21-20(22)29)14-9-15(23(25)26)19(28-11(2)3)16(10-14)27-6/h9-11,18H,7-8H2,1-6H3,(H,21,29). The third-order valence-corrected chi connectivity index (χ3v) is 4.92. The number of carbonyl (C=O) groups excluding carboxylic acids is 1. The van der Waals surface area contributed by atoms with E-state index in [1.165, 1.54) is 20.1 Å². The van der Waals surface area contributed by atoms with Crippen molar-refractivity contribution in [1.82, 2.24) is 10.2 Å². The molecule has 1 unspecified atom stereocenters. The van der Waals surface area contributed by atoms with Crippen molar-refractivity contribution in [3.05, 3.63) is 39.1 Å². The van der Waals surface area contributed by atoms with Gasteiger partial charge in [-0.3, -0.25) is 14.9 Å². The molecule has 0 spiro atoms. The SMILES string of the molecule is CCCN1C(=S)NC(c2cc(OC)c(OC(C)C)c([N+](=O)[O-])c2)C(C(C)=O)=C1C. The number of benzene rings is 1. The van der Waals surface area contributed by atoms with Crippen molar-refractivity contribution in [1.29, 1.82) is 0 Å². The molecule has 0 saturated carbocycles. The van der Waals surface area contributed by atoms with Crippen LogP contribution in [0.3, 0.4) is 0 Å². The number of Topliss-reactive ketones (excluding diaryl/α,β-unsaturated/α-hetero) is 1. The summed E-state index contributed by atoms with van der Waals surface area (Å²) in [5, 5.41) is 15.4. The highest BCUT2D eigenvalue weighted by Crippen LogP contribution is 2.42. The van der Waals surface area contributed by atoms with E-state index in [4.69, 9.17) is 21.7 Å². The largest absolute Gasteiger partial charge is 0.493 e. The zero-order valence-electron chi connectivity index (χ0n) is 17.6. The van der Waals surface area contributed by atoms with Gasteiger partial charge in [-0.1, -0.05) is 6.92 Å². The minimum absolute atomic E-state index is 0.0623. The molecule has 1 aromatic carbocycles. The molecule has 1 N–H and O–H groups in total. The number of nitro groups is 1. The summed E-state index contributed by atoms with van der Waals surface area (Å²) in [7, 11) is 1.42. The molecule has 0 fully saturated rings. The molecule has 0 radical (unpaired) electrons. The highest BCUT2D eigenvalue weighted by atomic mass is 32.1. The number of thiocarbonyl (C=S) groups is 1. The van der Waals surface area contributed by atoms with E-state index < -0.39 is 11.0 Å². The van der Waals surface area contributed by atoms with Crippen LogP contribution in [0.25, 0.3) is 0 Å². The molecule has 1 heterocycles. The maximum absolute atomic E-state index is 12.5. The lowest BCUT2D eigenvalue weighted by Gasteiger charge is -2.37. The second-order valence-electron chi connectivity index (χ2n) is 7.08. The zero-order chi connectivity index (χ0) is 21.9. The predicted octanol–water partition coefficient (Wildman–Crippen LogP) is 3.89. The van der Waals surface area contributed by atoms with Crippen molar-refractivity contribution in [2.45, 2.75) is 53.2 Å². The molecule has 1 aliphatic heterocycles. The number of methoxy groups -OCH3 is 1. The van der Waals surface area contributed by atoms with Gasteiger partial charge in [0, 0.05) is 23.9 Å². The number of nitrogens with zero attached hydrogens (tertiary/aromatic N) is 2. The fourth-order valence-corrected chi connectivity index (χ4v) is 3.74. The van der Waals surface area contributed by atoms with Gasteiger partial charge in [0.15, 0.2) is 16.6 Å². The molecular formula is C20H27N3O5S. The van der Waals surface area contributed by atoms with E-state index in [0.29, 0.717) is 22.8 Å². The molecule has 0 amide bonds. The monoisotopic (exact) mass is 421 g/mol. The van der Waals surface area contributed by atoms with Gasteiger partial charge in [-0.05, 0) is 58.0 Å². The minimum Gasteiger partial charge on any atom is -0.493 e. The van der Waals surface area contributed by atoms with E-state index in [0.717, 1.165) is 12.1 Å². The number of carbonyl (C=O) groups is 1. The molecule has 29 heavy (non-hydrogen) atoms. The summed E-state index contributed by atoms with van der Waals surface area (Å²) in [6, 6.07) is 2.44. The second-order valence-corrected chi connectivity index (χ2v) is 7.47. The number of hydrogen-bond donors (Lipinski definition) is 1. The van der Waals surface area contributed by atoms with Crippen LogP contribution < -0.4 is 14.8 Å². The number of rotatable bonds is 8. The second kappa shape index (κ2) is 9.21. The Balaban J connectivity index is 2.69. The molecule has 1 aromatic rings. The van der Waals surface area contributed by atoms with Gasteiger partial charge in [-0.15, -0.1) is 0 Å². The Morgan fingerprint density at radius 1 is 1.41 bits per heavy atom. The first-order chi connectivity index (χ1) is 13.6. The summed E-state index contributed by atoms with van der Waals surface area (Å²) in [6.07, 6.45) is 0.585. The highest BCUT2D eigenvalue weighted by Gasteiger charge is 2.34. The molecule has 1 aliphatic rings. The van der Waals surface area contributed by atoms with Crippen LogP contribution in [0.4, 0.5) is 5.69 Å². The van der Waals surface area contributed by atoms with Crippen molar-refractivity contribution in [2.24, 2.45) is 0 Å². The third kappa shape index (κ3) is 4.67. The van der Waals surface area contributed by atoms with Gasteiger partial charge >= 0.3 is 5.69 Å². The summed E-state index contributed by atoms with van der Waals surface area (Å²) in [5.74, 6) is 0.159. The average molecular weight is 422 g/mol. The smallest absolute Gasteiger partial charge is 0.315 e. The maximum Gasteiger partial charge on any atom is 0.315 e. The fraction of sp³-hybridized carbons (Fsp3) is 0.500. The Labute approximate surface area is 176 Å². The fourth-order valence-electron chi connectivity index (χ4n) is 3.40. The van der Waals surface area contributed by atoms with Crippen LogP contribution in [0.1, 0.15) is 52.6 Å². The van der Waals surface area contributed by atoms with Crippen LogP contribution in [0.5, 0.6) is 11.5 Å². The first-order valence-electron chi connectivity index (χ1n) is 9.45. The van der Waals surface area contributed by atoms with E-state index in [-0.39, 0.29) is 29.1 Å². The van der Waals surface area contributed by atoms with Crippen LogP contribution in [0.15, 0.2) is 23.4 Å². The summed E-state index contributed by atoms with van der Waals surface area (Å²) in [4.78, 5) is 25.6. The maximum atomic E-state index is 12.5. The van der Waals surface area contributed by atoms with E-state index >= 15 is 0 Å². The molecule has 9 heteroatoms. The lowest BCUT2D eigenvalue weighted by Crippen LogP contribution is -2.47. The number of hydrogen-bond acceptors (Lipinski definition) is 6. The van der Waals surface area contributed by atoms with Crippen LogP contribution in [0.2, 0.25) is 0 Å². The lowest BCUT2D eigenvalue weighted by atomic mass is 9.91. The van der Waals surface area contributed by atoms with Crippen LogP contribution in [-0.2, 0) is 4.79 Å². The van der Waals surface area contributed by atoms with Gasteiger partial charge < -0.3 is 19.7 Å². The Hall–Kier alpha value is -2.68. The lowest BCUT2D eigenvalue weighted by molar-refractivity contribution is -0.386. The molecule has 158 valence electrons. The quantitative estimate of drug-likeness (QED) is 0.384. The van der Waals surface area contributed by atoms with Gasteiger partial charge in [0.05, 0.1) is 24.2 Å². The normalized spacial score (nSPS) is 16.7. The van der Waals surface area contributed by atoms with Crippen LogP contribution in [0, 0.1) is 10.1 Å². The van der Waals surface area contributed by atoms with Gasteiger partial charge in [0.1, 0.15) is 0 Å². The minimum atomic E-state index is -0.617. The summed E-state index contributed by atoms with van der Waals surface area (Å²) in [6.45, 7) is 9.58. The van der Waals surface area contributed by atoms with Crippen LogP contribution >= 0.6 is 12.2 Å². The van der Waals surface area contributed by atoms with E-state index in [1.807, 2.05) is 18.7 Å². The summed E-state index contributed by atoms with van der Waals surface area (Å²) >= 11 is 5.49. The number of nitro benzene ring substituents is 1. The van der Waals surface area contributed by atoms with Gasteiger partial charge in [-0.25, -0.2) is 0 Å². The molecule has 8 nitrogen and oxygen atoms in total. The van der Waals surface area contributed by atoms with E-state index in [2.05, 4.69) is 5.32 Å². The van der Waals surface area contributed by atoms with Crippen molar-refractivity contribution in [3.63, 3.8) is 0 Å². The van der Waals surface area contributed by atoms with Gasteiger partial charge in [-0.2, -0.15) is 0 Å². The van der Waals surface area contributed by atoms with Crippen molar-refractivity contribution in [2.75, 3.05) is 13.7 Å². The number of allylic oxidation sites excluding steroid dienone is 1. The molecule has 0 bridgehead atoms. The number of nitrogens with one attached hydrogen (secondary N) is 1. The third-order valence-electron chi connectivity index (χ3n) is 4.58. The summed E-state index contributed by atoms with van der Waals surface area (Å²) < 4.78 is 11.0. The van der Waals surface area contributed by atoms with Gasteiger partial charge in [0.25, 0.3) is 0 Å².